The SMILES string of the molecule is C=CC(=O)Nc1co[nH]c1=O. The number of H-pyrrole nitrogens is 1. The molecule has 0 unspecified atom stereocenters. The van der Waals surface area contributed by atoms with Crippen LogP contribution < -0.4 is 10.9 Å². The minimum absolute atomic E-state index is 0.0786. The largest absolute Gasteiger partial charge is 0.385 e. The standard InChI is InChI=1S/C6H6N2O3/c1-2-5(9)7-4-3-11-8-6(4)10/h2-3H,1H2,(H,7,9)(H,8,10). The second-order valence-electron chi connectivity index (χ2n) is 1.77. The zero-order chi connectivity index (χ0) is 8.27. The van der Waals surface area contributed by atoms with Crippen molar-refractivity contribution >= 4 is 11.6 Å². The van der Waals surface area contributed by atoms with Crippen molar-refractivity contribution < 1.29 is 9.32 Å². The van der Waals surface area contributed by atoms with E-state index >= 15 is 0 Å². The smallest absolute Gasteiger partial charge is 0.303 e. The van der Waals surface area contributed by atoms with Gasteiger partial charge in [0.1, 0.15) is 12.0 Å². The Kier molecular flexibility index (Phi) is 1.91. The van der Waals surface area contributed by atoms with Crippen molar-refractivity contribution in [2.45, 2.75) is 0 Å². The lowest BCUT2D eigenvalue weighted by molar-refractivity contribution is -0.111. The molecule has 0 saturated heterocycles. The Bertz CT molecular complexity index is 323. The van der Waals surface area contributed by atoms with Gasteiger partial charge >= 0.3 is 5.56 Å². The van der Waals surface area contributed by atoms with E-state index in [0.717, 1.165) is 12.3 Å². The second-order valence-corrected chi connectivity index (χ2v) is 1.77. The molecule has 0 atom stereocenters. The van der Waals surface area contributed by atoms with Crippen LogP contribution in [0.15, 0.2) is 28.2 Å². The summed E-state index contributed by atoms with van der Waals surface area (Å²) in [6.07, 6.45) is 2.18. The number of nitrogens with one attached hydrogen (secondary N) is 2. The highest BCUT2D eigenvalue weighted by atomic mass is 16.5. The fourth-order valence-electron chi connectivity index (χ4n) is 0.520. The molecule has 2 N–H and O–H groups in total. The van der Waals surface area contributed by atoms with Crippen LogP contribution in [0.2, 0.25) is 0 Å². The molecule has 1 aromatic rings. The van der Waals surface area contributed by atoms with E-state index in [1.54, 1.807) is 0 Å². The molecule has 5 heteroatoms. The van der Waals surface area contributed by atoms with Gasteiger partial charge in [0.15, 0.2) is 0 Å². The molecule has 5 nitrogen and oxygen atoms in total. The van der Waals surface area contributed by atoms with E-state index in [-0.39, 0.29) is 5.69 Å². The zero-order valence-corrected chi connectivity index (χ0v) is 5.59. The number of aromatic amines is 1. The van der Waals surface area contributed by atoms with E-state index in [1.165, 1.54) is 0 Å². The van der Waals surface area contributed by atoms with Gasteiger partial charge in [-0.2, -0.15) is 5.16 Å². The number of carbonyl (C=O) groups excluding carboxylic acids is 1. The van der Waals surface area contributed by atoms with Crippen LogP contribution >= 0.6 is 0 Å². The topological polar surface area (TPSA) is 75.1 Å². The van der Waals surface area contributed by atoms with Crippen molar-refractivity contribution in [3.8, 4) is 0 Å². The first kappa shape index (κ1) is 7.33. The van der Waals surface area contributed by atoms with Crippen LogP contribution in [-0.4, -0.2) is 11.1 Å². The van der Waals surface area contributed by atoms with E-state index in [1.807, 2.05) is 5.16 Å². The first-order valence-corrected chi connectivity index (χ1v) is 2.83. The molecule has 1 heterocycles. The molecule has 58 valence electrons. The van der Waals surface area contributed by atoms with Gasteiger partial charge in [-0.15, -0.1) is 0 Å². The van der Waals surface area contributed by atoms with Gasteiger partial charge in [-0.05, 0) is 6.08 Å². The van der Waals surface area contributed by atoms with Crippen LogP contribution in [0.1, 0.15) is 0 Å². The Morgan fingerprint density at radius 2 is 2.55 bits per heavy atom. The number of hydrogen-bond acceptors (Lipinski definition) is 3. The van der Waals surface area contributed by atoms with Crippen molar-refractivity contribution in [2.75, 3.05) is 5.32 Å². The summed E-state index contributed by atoms with van der Waals surface area (Å²) in [4.78, 5) is 21.3. The number of hydrogen-bond donors (Lipinski definition) is 2. The van der Waals surface area contributed by atoms with Crippen LogP contribution in [0.25, 0.3) is 0 Å². The van der Waals surface area contributed by atoms with Crippen molar-refractivity contribution in [1.29, 1.82) is 0 Å². The van der Waals surface area contributed by atoms with Crippen LogP contribution in [-0.2, 0) is 4.79 Å². The fourth-order valence-corrected chi connectivity index (χ4v) is 0.520. The third-order valence-corrected chi connectivity index (χ3v) is 1.02. The Morgan fingerprint density at radius 1 is 1.82 bits per heavy atom. The van der Waals surface area contributed by atoms with Gasteiger partial charge in [-0.25, -0.2) is 0 Å². The van der Waals surface area contributed by atoms with Gasteiger partial charge in [-0.1, -0.05) is 6.58 Å². The predicted molar refractivity (Wildman–Crippen MR) is 38.2 cm³/mol. The maximum atomic E-state index is 10.7. The van der Waals surface area contributed by atoms with Gasteiger partial charge in [0.2, 0.25) is 5.91 Å². The number of aromatic nitrogens is 1. The summed E-state index contributed by atoms with van der Waals surface area (Å²) in [5, 5.41) is 4.26. The molecular formula is C6H6N2O3. The maximum absolute atomic E-state index is 10.7. The molecule has 0 bridgehead atoms. The quantitative estimate of drug-likeness (QED) is 0.593. The molecule has 0 radical (unpaired) electrons. The second kappa shape index (κ2) is 2.87. The highest BCUT2D eigenvalue weighted by Crippen LogP contribution is 1.95. The highest BCUT2D eigenvalue weighted by molar-refractivity contribution is 5.98. The van der Waals surface area contributed by atoms with Crippen molar-refractivity contribution in [3.63, 3.8) is 0 Å². The van der Waals surface area contributed by atoms with Crippen molar-refractivity contribution in [3.05, 3.63) is 29.3 Å². The Morgan fingerprint density at radius 3 is 3.00 bits per heavy atom. The van der Waals surface area contributed by atoms with Crippen molar-refractivity contribution in [1.82, 2.24) is 5.16 Å². The van der Waals surface area contributed by atoms with Crippen LogP contribution in [0, 0.1) is 0 Å². The van der Waals surface area contributed by atoms with Gasteiger partial charge < -0.3 is 9.84 Å². The van der Waals surface area contributed by atoms with Crippen LogP contribution in [0.4, 0.5) is 5.69 Å². The summed E-state index contributed by atoms with van der Waals surface area (Å²) in [5.74, 6) is -0.447. The summed E-state index contributed by atoms with van der Waals surface area (Å²) in [6.45, 7) is 3.22. The fraction of sp³-hybridized carbons (Fsp3) is 0. The summed E-state index contributed by atoms with van der Waals surface area (Å²) in [7, 11) is 0. The molecule has 11 heavy (non-hydrogen) atoms. The first-order valence-electron chi connectivity index (χ1n) is 2.83. The summed E-state index contributed by atoms with van der Waals surface area (Å²) in [6, 6.07) is 0. The molecule has 0 saturated carbocycles. The van der Waals surface area contributed by atoms with E-state index in [9.17, 15) is 9.59 Å². The predicted octanol–water partition coefficient (Wildman–Crippen LogP) is 0.0924. The third-order valence-electron chi connectivity index (χ3n) is 1.02. The average molecular weight is 154 g/mol. The average Bonchev–Trinajstić information content (AvgIpc) is 2.37. The van der Waals surface area contributed by atoms with Gasteiger partial charge in [0, 0.05) is 0 Å². The van der Waals surface area contributed by atoms with Gasteiger partial charge in [0.25, 0.3) is 0 Å². The zero-order valence-electron chi connectivity index (χ0n) is 5.59. The summed E-state index contributed by atoms with van der Waals surface area (Å²) < 4.78 is 4.40. The molecule has 1 amide bonds. The first-order chi connectivity index (χ1) is 5.24. The third kappa shape index (κ3) is 1.57. The van der Waals surface area contributed by atoms with E-state index in [0.29, 0.717) is 0 Å². The van der Waals surface area contributed by atoms with Crippen molar-refractivity contribution in [2.24, 2.45) is 0 Å². The Balaban J connectivity index is 2.79. The molecule has 0 aliphatic carbocycles. The minimum Gasteiger partial charge on any atom is -0.385 e. The lowest BCUT2D eigenvalue weighted by Crippen LogP contribution is -2.13. The maximum Gasteiger partial charge on any atom is 0.303 e. The molecule has 0 aliphatic heterocycles. The minimum atomic E-state index is -0.472. The number of carbonyl (C=O) groups is 1. The van der Waals surface area contributed by atoms with Crippen LogP contribution in [0.3, 0.4) is 0 Å². The monoisotopic (exact) mass is 154 g/mol. The van der Waals surface area contributed by atoms with Gasteiger partial charge in [-0.3, -0.25) is 9.59 Å². The van der Waals surface area contributed by atoms with E-state index in [4.69, 9.17) is 0 Å². The van der Waals surface area contributed by atoms with E-state index < -0.39 is 11.5 Å². The molecule has 0 spiro atoms. The number of amides is 1. The molecule has 1 rings (SSSR count). The highest BCUT2D eigenvalue weighted by Gasteiger charge is 2.02. The molecular weight excluding hydrogens is 148 g/mol. The molecule has 1 aromatic heterocycles. The number of rotatable bonds is 2. The normalized spacial score (nSPS) is 9.09. The Labute approximate surface area is 61.7 Å². The van der Waals surface area contributed by atoms with E-state index in [2.05, 4.69) is 16.4 Å². The number of anilines is 1. The van der Waals surface area contributed by atoms with Gasteiger partial charge in [0.05, 0.1) is 0 Å². The lowest BCUT2D eigenvalue weighted by Gasteiger charge is -1.91. The molecule has 0 aromatic carbocycles. The summed E-state index contributed by atoms with van der Waals surface area (Å²) >= 11 is 0. The lowest BCUT2D eigenvalue weighted by atomic mass is 10.5. The molecule has 0 aliphatic rings. The molecule has 0 fully saturated rings. The Hall–Kier alpha value is -1.78. The summed E-state index contributed by atoms with van der Waals surface area (Å²) in [5.41, 5.74) is -0.393. The van der Waals surface area contributed by atoms with Crippen LogP contribution in [0.5, 0.6) is 0 Å².